The lowest BCUT2D eigenvalue weighted by atomic mass is 9.85. The standard InChI is InChI=1S/C21H15N5O5/c1-23-21-19(26(29)30)18(12-6-8-13(9-7-12)25(27)28)15(10-22)20(31-21)16-11-24-17-5-3-2-4-14(16)17/h2-9,11,18,23-24H,1H3. The molecule has 2 N–H and O–H groups in total. The van der Waals surface area contributed by atoms with E-state index in [0.29, 0.717) is 11.1 Å². The smallest absolute Gasteiger partial charge is 0.318 e. The lowest BCUT2D eigenvalue weighted by molar-refractivity contribution is -0.433. The molecule has 31 heavy (non-hydrogen) atoms. The lowest BCUT2D eigenvalue weighted by Gasteiger charge is -2.25. The molecule has 2 aromatic carbocycles. The van der Waals surface area contributed by atoms with Gasteiger partial charge >= 0.3 is 5.70 Å². The maximum Gasteiger partial charge on any atom is 0.318 e. The number of hydrogen-bond donors (Lipinski definition) is 2. The van der Waals surface area contributed by atoms with Crippen LogP contribution in [0.1, 0.15) is 17.0 Å². The van der Waals surface area contributed by atoms with Crippen LogP contribution in [0.25, 0.3) is 16.7 Å². The fraction of sp³-hybridized carbons (Fsp3) is 0.0952. The van der Waals surface area contributed by atoms with Crippen molar-refractivity contribution in [3.63, 3.8) is 0 Å². The third-order valence-electron chi connectivity index (χ3n) is 5.06. The van der Waals surface area contributed by atoms with E-state index in [0.717, 1.165) is 10.9 Å². The Bertz CT molecular complexity index is 1310. The molecule has 1 aliphatic rings. The molecular formula is C21H15N5O5. The van der Waals surface area contributed by atoms with Crippen molar-refractivity contribution in [2.75, 3.05) is 7.05 Å². The van der Waals surface area contributed by atoms with E-state index in [9.17, 15) is 25.5 Å². The number of nitro benzene ring substituents is 1. The van der Waals surface area contributed by atoms with Gasteiger partial charge in [-0.2, -0.15) is 5.26 Å². The summed E-state index contributed by atoms with van der Waals surface area (Å²) < 4.78 is 5.83. The Labute approximate surface area is 175 Å². The zero-order valence-corrected chi connectivity index (χ0v) is 16.2. The molecule has 154 valence electrons. The average Bonchev–Trinajstić information content (AvgIpc) is 3.21. The molecular weight excluding hydrogens is 402 g/mol. The third-order valence-corrected chi connectivity index (χ3v) is 5.06. The molecule has 0 spiro atoms. The van der Waals surface area contributed by atoms with Crippen LogP contribution in [-0.2, 0) is 4.74 Å². The molecule has 2 heterocycles. The summed E-state index contributed by atoms with van der Waals surface area (Å²) in [6.45, 7) is 0. The molecule has 4 rings (SSSR count). The number of ether oxygens (including phenoxy) is 1. The summed E-state index contributed by atoms with van der Waals surface area (Å²) in [5.74, 6) is -1.01. The fourth-order valence-corrected chi connectivity index (χ4v) is 3.66. The van der Waals surface area contributed by atoms with Crippen molar-refractivity contribution >= 4 is 22.3 Å². The van der Waals surface area contributed by atoms with Crippen LogP contribution in [0, 0.1) is 31.6 Å². The molecule has 3 aromatic rings. The summed E-state index contributed by atoms with van der Waals surface area (Å²) in [6, 6.07) is 14.8. The van der Waals surface area contributed by atoms with Gasteiger partial charge in [0.25, 0.3) is 11.6 Å². The zero-order valence-electron chi connectivity index (χ0n) is 16.2. The summed E-state index contributed by atoms with van der Waals surface area (Å²) in [5.41, 5.74) is 1.28. The van der Waals surface area contributed by atoms with Gasteiger partial charge in [-0.15, -0.1) is 0 Å². The molecule has 0 saturated heterocycles. The Balaban J connectivity index is 1.97. The van der Waals surface area contributed by atoms with Gasteiger partial charge in [0.05, 0.1) is 21.5 Å². The van der Waals surface area contributed by atoms with Crippen molar-refractivity contribution in [3.8, 4) is 6.07 Å². The second-order valence-electron chi connectivity index (χ2n) is 6.71. The number of aromatic nitrogens is 1. The van der Waals surface area contributed by atoms with Crippen LogP contribution in [0.15, 0.2) is 71.9 Å². The first kappa shape index (κ1) is 19.7. The van der Waals surface area contributed by atoms with Gasteiger partial charge in [0.1, 0.15) is 5.92 Å². The van der Waals surface area contributed by atoms with Gasteiger partial charge < -0.3 is 15.0 Å². The van der Waals surface area contributed by atoms with Crippen molar-refractivity contribution in [3.05, 3.63) is 103 Å². The normalized spacial score (nSPS) is 16.1. The number of H-pyrrole nitrogens is 1. The SMILES string of the molecule is CNC1=C([N+](=O)[O-])C(c2ccc([N+](=O)[O-])cc2)C(C#N)=C(c2c[nH]c3ccccc23)O1. The Morgan fingerprint density at radius 1 is 1.10 bits per heavy atom. The molecule has 10 nitrogen and oxygen atoms in total. The predicted molar refractivity (Wildman–Crippen MR) is 111 cm³/mol. The Hall–Kier alpha value is -4.65. The van der Waals surface area contributed by atoms with E-state index in [1.54, 1.807) is 6.20 Å². The van der Waals surface area contributed by atoms with E-state index in [1.807, 2.05) is 24.3 Å². The monoisotopic (exact) mass is 417 g/mol. The molecule has 1 atom stereocenters. The number of aromatic amines is 1. The van der Waals surface area contributed by atoms with Crippen LogP contribution < -0.4 is 5.32 Å². The summed E-state index contributed by atoms with van der Waals surface area (Å²) in [5, 5.41) is 36.4. The Kier molecular flexibility index (Phi) is 4.85. The van der Waals surface area contributed by atoms with Crippen molar-refractivity contribution in [1.29, 1.82) is 5.26 Å². The number of rotatable bonds is 5. The number of nitro groups is 2. The van der Waals surface area contributed by atoms with Crippen LogP contribution in [0.3, 0.4) is 0 Å². The summed E-state index contributed by atoms with van der Waals surface area (Å²) in [4.78, 5) is 24.9. The minimum Gasteiger partial charge on any atom is -0.434 e. The summed E-state index contributed by atoms with van der Waals surface area (Å²) in [7, 11) is 1.48. The quantitative estimate of drug-likeness (QED) is 0.474. The van der Waals surface area contributed by atoms with E-state index >= 15 is 0 Å². The number of benzene rings is 2. The molecule has 1 aliphatic heterocycles. The van der Waals surface area contributed by atoms with Gasteiger partial charge in [-0.1, -0.05) is 30.3 Å². The lowest BCUT2D eigenvalue weighted by Crippen LogP contribution is -2.26. The second-order valence-corrected chi connectivity index (χ2v) is 6.71. The van der Waals surface area contributed by atoms with E-state index in [1.165, 1.54) is 31.3 Å². The van der Waals surface area contributed by atoms with Gasteiger partial charge in [0.2, 0.25) is 0 Å². The first-order chi connectivity index (χ1) is 15.0. The number of non-ortho nitro benzene ring substituents is 1. The number of hydrogen-bond acceptors (Lipinski definition) is 7. The molecule has 0 amide bonds. The van der Waals surface area contributed by atoms with Gasteiger partial charge in [-0.25, -0.2) is 0 Å². The highest BCUT2D eigenvalue weighted by Gasteiger charge is 2.42. The van der Waals surface area contributed by atoms with Crippen molar-refractivity contribution < 1.29 is 14.6 Å². The van der Waals surface area contributed by atoms with E-state index in [4.69, 9.17) is 4.74 Å². The van der Waals surface area contributed by atoms with Gasteiger partial charge in [-0.05, 0) is 11.6 Å². The minimum absolute atomic E-state index is 0.0318. The van der Waals surface area contributed by atoms with Crippen LogP contribution in [-0.4, -0.2) is 21.9 Å². The number of para-hydroxylation sites is 1. The van der Waals surface area contributed by atoms with Crippen LogP contribution in [0.5, 0.6) is 0 Å². The highest BCUT2D eigenvalue weighted by Crippen LogP contribution is 2.44. The van der Waals surface area contributed by atoms with Crippen LogP contribution >= 0.6 is 0 Å². The maximum absolute atomic E-state index is 11.9. The predicted octanol–water partition coefficient (Wildman–Crippen LogP) is 3.79. The molecule has 0 bridgehead atoms. The molecule has 0 aliphatic carbocycles. The average molecular weight is 417 g/mol. The van der Waals surface area contributed by atoms with Gasteiger partial charge in [0, 0.05) is 41.8 Å². The maximum atomic E-state index is 11.9. The van der Waals surface area contributed by atoms with E-state index in [2.05, 4.69) is 16.4 Å². The third kappa shape index (κ3) is 3.24. The molecule has 0 saturated carbocycles. The van der Waals surface area contributed by atoms with E-state index in [-0.39, 0.29) is 28.6 Å². The largest absolute Gasteiger partial charge is 0.434 e. The van der Waals surface area contributed by atoms with Crippen molar-refractivity contribution in [2.24, 2.45) is 0 Å². The fourth-order valence-electron chi connectivity index (χ4n) is 3.66. The van der Waals surface area contributed by atoms with Gasteiger partial charge in [-0.3, -0.25) is 20.2 Å². The number of nitriles is 1. The first-order valence-electron chi connectivity index (χ1n) is 9.15. The van der Waals surface area contributed by atoms with Crippen LogP contribution in [0.2, 0.25) is 0 Å². The second kappa shape index (κ2) is 7.64. The molecule has 0 radical (unpaired) electrons. The highest BCUT2D eigenvalue weighted by molar-refractivity contribution is 5.93. The molecule has 0 fully saturated rings. The topological polar surface area (TPSA) is 147 Å². The number of nitrogens with one attached hydrogen (secondary N) is 2. The summed E-state index contributed by atoms with van der Waals surface area (Å²) >= 11 is 0. The Morgan fingerprint density at radius 3 is 2.42 bits per heavy atom. The van der Waals surface area contributed by atoms with Crippen molar-refractivity contribution in [1.82, 2.24) is 10.3 Å². The van der Waals surface area contributed by atoms with Crippen LogP contribution in [0.4, 0.5) is 5.69 Å². The number of fused-ring (bicyclic) bond motifs is 1. The minimum atomic E-state index is -1.08. The number of nitrogens with zero attached hydrogens (tertiary/aromatic N) is 3. The summed E-state index contributed by atoms with van der Waals surface area (Å²) in [6.07, 6.45) is 1.68. The highest BCUT2D eigenvalue weighted by atomic mass is 16.6. The van der Waals surface area contributed by atoms with Crippen molar-refractivity contribution in [2.45, 2.75) is 5.92 Å². The molecule has 1 aromatic heterocycles. The molecule has 10 heteroatoms. The van der Waals surface area contributed by atoms with Gasteiger partial charge in [0.15, 0.2) is 5.76 Å². The Morgan fingerprint density at radius 2 is 1.81 bits per heavy atom. The molecule has 1 unspecified atom stereocenters. The first-order valence-corrected chi connectivity index (χ1v) is 9.15. The van der Waals surface area contributed by atoms with E-state index < -0.39 is 15.8 Å². The number of allylic oxidation sites excluding steroid dienone is 1. The zero-order chi connectivity index (χ0) is 22.1.